The molecule has 1 aliphatic heterocycles. The van der Waals surface area contributed by atoms with E-state index in [1.807, 2.05) is 0 Å². The molecule has 1 aromatic rings. The van der Waals surface area contributed by atoms with E-state index >= 15 is 0 Å². The van der Waals surface area contributed by atoms with Gasteiger partial charge in [0.1, 0.15) is 0 Å². The van der Waals surface area contributed by atoms with Crippen LogP contribution < -0.4 is 4.72 Å². The third-order valence-electron chi connectivity index (χ3n) is 3.26. The van der Waals surface area contributed by atoms with E-state index in [1.54, 1.807) is 0 Å². The summed E-state index contributed by atoms with van der Waals surface area (Å²) in [4.78, 5) is 49.0. The highest BCUT2D eigenvalue weighted by Gasteiger charge is 2.44. The highest BCUT2D eigenvalue weighted by atomic mass is 32.2. The van der Waals surface area contributed by atoms with Crippen LogP contribution in [-0.4, -0.2) is 61.2 Å². The van der Waals surface area contributed by atoms with E-state index in [1.165, 1.54) is 30.3 Å². The minimum Gasteiger partial charge on any atom is -0.292 e. The predicted octanol–water partition coefficient (Wildman–Crippen LogP) is 0.218. The molecule has 0 bridgehead atoms. The third kappa shape index (κ3) is 4.10. The maximum Gasteiger partial charge on any atom is 0.334 e. The highest BCUT2D eigenvalue weighted by molar-refractivity contribution is 7.92. The number of nitrogens with one attached hydrogen (secondary N) is 1. The van der Waals surface area contributed by atoms with Crippen LogP contribution in [0.25, 0.3) is 0 Å². The van der Waals surface area contributed by atoms with Gasteiger partial charge in [0.15, 0.2) is 5.78 Å². The van der Waals surface area contributed by atoms with Crippen molar-refractivity contribution in [1.29, 1.82) is 0 Å². The van der Waals surface area contributed by atoms with Gasteiger partial charge in [0.05, 0.1) is 12.8 Å². The Morgan fingerprint density at radius 2 is 1.68 bits per heavy atom. The van der Waals surface area contributed by atoms with Crippen LogP contribution in [0, 0.1) is 0 Å². The summed E-state index contributed by atoms with van der Waals surface area (Å²) in [7, 11) is -3.44. The van der Waals surface area contributed by atoms with E-state index in [0.717, 1.165) is 6.26 Å². The number of urea groups is 1. The normalized spacial score (nSPS) is 14.8. The van der Waals surface area contributed by atoms with Crippen LogP contribution in [0.15, 0.2) is 36.9 Å². The lowest BCUT2D eigenvalue weighted by Gasteiger charge is -2.13. The van der Waals surface area contributed by atoms with Crippen LogP contribution in [0.2, 0.25) is 0 Å². The van der Waals surface area contributed by atoms with Gasteiger partial charge in [-0.05, 0) is 24.3 Å². The summed E-state index contributed by atoms with van der Waals surface area (Å²) < 4.78 is 24.5. The molecule has 0 unspecified atom stereocenters. The van der Waals surface area contributed by atoms with Crippen molar-refractivity contribution in [2.24, 2.45) is 0 Å². The average Bonchev–Trinajstić information content (AvgIpc) is 2.72. The molecule has 2 rings (SSSR count). The fourth-order valence-corrected chi connectivity index (χ4v) is 2.72. The Kier molecular flexibility index (Phi) is 5.02. The van der Waals surface area contributed by atoms with Gasteiger partial charge in [0.25, 0.3) is 0 Å². The van der Waals surface area contributed by atoms with Gasteiger partial charge in [-0.3, -0.25) is 24.0 Å². The van der Waals surface area contributed by atoms with Gasteiger partial charge in [-0.15, -0.1) is 6.58 Å². The molecule has 132 valence electrons. The number of hydrogen-bond acceptors (Lipinski definition) is 6. The van der Waals surface area contributed by atoms with Gasteiger partial charge in [0.2, 0.25) is 10.0 Å². The largest absolute Gasteiger partial charge is 0.334 e. The van der Waals surface area contributed by atoms with Gasteiger partial charge in [-0.25, -0.2) is 18.1 Å². The van der Waals surface area contributed by atoms with E-state index in [4.69, 9.17) is 0 Å². The first-order chi connectivity index (χ1) is 11.6. The minimum absolute atomic E-state index is 0.125. The van der Waals surface area contributed by atoms with Gasteiger partial charge in [0, 0.05) is 17.8 Å². The highest BCUT2D eigenvalue weighted by Crippen LogP contribution is 2.15. The molecule has 0 atom stereocenters. The molecule has 4 amide bonds. The number of nitrogens with zero attached hydrogens (tertiary/aromatic N) is 2. The number of rotatable bonds is 7. The molecule has 1 aromatic carbocycles. The summed E-state index contributed by atoms with van der Waals surface area (Å²) in [5.41, 5.74) is 0.425. The second kappa shape index (κ2) is 6.85. The molecule has 0 aromatic heterocycles. The first-order valence-electron chi connectivity index (χ1n) is 7.03. The number of ketones is 1. The van der Waals surface area contributed by atoms with Crippen LogP contribution in [-0.2, 0) is 19.6 Å². The second-order valence-electron chi connectivity index (χ2n) is 5.25. The Hall–Kier alpha value is -3.01. The van der Waals surface area contributed by atoms with Crippen LogP contribution >= 0.6 is 0 Å². The first-order valence-corrected chi connectivity index (χ1v) is 8.92. The molecule has 1 heterocycles. The lowest BCUT2D eigenvalue weighted by Crippen LogP contribution is -2.37. The van der Waals surface area contributed by atoms with E-state index in [2.05, 4.69) is 11.3 Å². The quantitative estimate of drug-likeness (QED) is 0.319. The van der Waals surface area contributed by atoms with Crippen molar-refractivity contribution >= 4 is 39.3 Å². The average molecular weight is 365 g/mol. The number of hydrogen-bond donors (Lipinski definition) is 1. The predicted molar refractivity (Wildman–Crippen MR) is 88.3 cm³/mol. The minimum atomic E-state index is -3.44. The summed E-state index contributed by atoms with van der Waals surface area (Å²) in [5, 5.41) is 0. The number of carbonyl (C=O) groups is 4. The molecule has 0 radical (unpaired) electrons. The summed E-state index contributed by atoms with van der Waals surface area (Å²) in [6, 6.07) is 4.57. The molecule has 1 N–H and O–H groups in total. The maximum absolute atomic E-state index is 12.2. The lowest BCUT2D eigenvalue weighted by atomic mass is 10.1. The number of imide groups is 2. The number of anilines is 1. The number of amides is 4. The van der Waals surface area contributed by atoms with Gasteiger partial charge >= 0.3 is 17.8 Å². The molecule has 1 fully saturated rings. The standard InChI is InChI=1S/C15H15N3O6S/c1-3-8-17-13(20)14(21)18(15(17)22)9-12(19)10-4-6-11(7-5-10)16-25(2,23)24/h3-7,16H,1,8-9H2,2H3. The molecule has 10 heteroatoms. The number of sulfonamides is 1. The molecular weight excluding hydrogens is 350 g/mol. The van der Waals surface area contributed by atoms with Crippen LogP contribution in [0.1, 0.15) is 10.4 Å². The maximum atomic E-state index is 12.2. The van der Waals surface area contributed by atoms with Gasteiger partial charge < -0.3 is 0 Å². The second-order valence-corrected chi connectivity index (χ2v) is 7.00. The van der Waals surface area contributed by atoms with E-state index in [0.29, 0.717) is 9.80 Å². The van der Waals surface area contributed by atoms with Crippen molar-refractivity contribution in [3.8, 4) is 0 Å². The zero-order valence-electron chi connectivity index (χ0n) is 13.3. The molecule has 0 aliphatic carbocycles. The Bertz CT molecular complexity index is 860. The Morgan fingerprint density at radius 3 is 2.20 bits per heavy atom. The summed E-state index contributed by atoms with van der Waals surface area (Å²) in [5.74, 6) is -2.65. The van der Waals surface area contributed by atoms with Crippen molar-refractivity contribution in [1.82, 2.24) is 9.80 Å². The summed E-state index contributed by atoms with van der Waals surface area (Å²) in [6.45, 7) is 2.68. The van der Waals surface area contributed by atoms with Gasteiger partial charge in [-0.2, -0.15) is 0 Å². The Balaban J connectivity index is 2.11. The molecule has 25 heavy (non-hydrogen) atoms. The smallest absolute Gasteiger partial charge is 0.292 e. The fourth-order valence-electron chi connectivity index (χ4n) is 2.15. The molecule has 1 saturated heterocycles. The Morgan fingerprint density at radius 1 is 1.12 bits per heavy atom. The molecule has 1 aliphatic rings. The van der Waals surface area contributed by atoms with Crippen molar-refractivity contribution in [3.63, 3.8) is 0 Å². The third-order valence-corrected chi connectivity index (χ3v) is 3.87. The molecule has 0 spiro atoms. The zero-order valence-corrected chi connectivity index (χ0v) is 14.1. The molecule has 0 saturated carbocycles. The van der Waals surface area contributed by atoms with Crippen LogP contribution in [0.5, 0.6) is 0 Å². The van der Waals surface area contributed by atoms with Crippen molar-refractivity contribution in [2.45, 2.75) is 0 Å². The number of benzene rings is 1. The van der Waals surface area contributed by atoms with Crippen molar-refractivity contribution in [2.75, 3.05) is 24.1 Å². The number of Topliss-reactive ketones (excluding diaryl/α,β-unsaturated/α-hetero) is 1. The van der Waals surface area contributed by atoms with Crippen LogP contribution in [0.4, 0.5) is 10.5 Å². The first kappa shape index (κ1) is 18.3. The van der Waals surface area contributed by atoms with Crippen molar-refractivity contribution in [3.05, 3.63) is 42.5 Å². The van der Waals surface area contributed by atoms with Crippen LogP contribution in [0.3, 0.4) is 0 Å². The van der Waals surface area contributed by atoms with Crippen molar-refractivity contribution < 1.29 is 27.6 Å². The molecule has 9 nitrogen and oxygen atoms in total. The fraction of sp³-hybridized carbons (Fsp3) is 0.200. The van der Waals surface area contributed by atoms with Gasteiger partial charge in [-0.1, -0.05) is 6.08 Å². The van der Waals surface area contributed by atoms with E-state index < -0.39 is 40.2 Å². The zero-order chi connectivity index (χ0) is 18.8. The topological polar surface area (TPSA) is 121 Å². The molecular formula is C15H15N3O6S. The summed E-state index contributed by atoms with van der Waals surface area (Å²) in [6.07, 6.45) is 2.28. The monoisotopic (exact) mass is 365 g/mol. The lowest BCUT2D eigenvalue weighted by molar-refractivity contribution is -0.142. The SMILES string of the molecule is C=CCN1C(=O)C(=O)N(CC(=O)c2ccc(NS(C)(=O)=O)cc2)C1=O. The Labute approximate surface area is 143 Å². The number of carbonyl (C=O) groups excluding carboxylic acids is 4. The van der Waals surface area contributed by atoms with E-state index in [-0.39, 0.29) is 17.8 Å². The summed E-state index contributed by atoms with van der Waals surface area (Å²) >= 11 is 0. The van der Waals surface area contributed by atoms with E-state index in [9.17, 15) is 27.6 Å².